The van der Waals surface area contributed by atoms with Crippen LogP contribution in [0.2, 0.25) is 5.02 Å². The molecule has 3 aromatic rings. The fourth-order valence-electron chi connectivity index (χ4n) is 3.65. The minimum atomic E-state index is -0.269. The van der Waals surface area contributed by atoms with Gasteiger partial charge in [0.15, 0.2) is 6.61 Å². The zero-order valence-electron chi connectivity index (χ0n) is 15.5. The molecule has 28 heavy (non-hydrogen) atoms. The van der Waals surface area contributed by atoms with E-state index >= 15 is 0 Å². The maximum atomic E-state index is 12.3. The summed E-state index contributed by atoms with van der Waals surface area (Å²) in [6.07, 6.45) is 2.46. The third kappa shape index (κ3) is 3.62. The van der Waals surface area contributed by atoms with Crippen LogP contribution in [0, 0.1) is 6.92 Å². The Balaban J connectivity index is 1.53. The number of hydrogen-bond acceptors (Lipinski definition) is 4. The quantitative estimate of drug-likeness (QED) is 0.662. The van der Waals surface area contributed by atoms with Crippen LogP contribution in [0.25, 0.3) is 11.0 Å². The largest absolute Gasteiger partial charge is 0.483 e. The maximum absolute atomic E-state index is 12.3. The Bertz CT molecular complexity index is 1120. The summed E-state index contributed by atoms with van der Waals surface area (Å²) < 4.78 is 11.3. The number of benzene rings is 2. The fourth-order valence-corrected chi connectivity index (χ4v) is 3.85. The molecule has 1 heterocycles. The van der Waals surface area contributed by atoms with Gasteiger partial charge >= 0.3 is 5.63 Å². The summed E-state index contributed by atoms with van der Waals surface area (Å²) in [5, 5.41) is 4.22. The molecule has 6 heteroatoms. The summed E-state index contributed by atoms with van der Waals surface area (Å²) >= 11 is 6.11. The lowest BCUT2D eigenvalue weighted by Crippen LogP contribution is -2.28. The number of hydrogen-bond donors (Lipinski definition) is 1. The Morgan fingerprint density at radius 1 is 1.21 bits per heavy atom. The number of amides is 1. The molecule has 1 aliphatic carbocycles. The van der Waals surface area contributed by atoms with Crippen LogP contribution >= 0.6 is 11.6 Å². The number of fused-ring (bicyclic) bond motifs is 3. The summed E-state index contributed by atoms with van der Waals surface area (Å²) in [5.74, 6) is 0.327. The normalized spacial score (nSPS) is 12.8. The first-order valence-corrected chi connectivity index (χ1v) is 9.63. The van der Waals surface area contributed by atoms with Gasteiger partial charge in [0.1, 0.15) is 11.3 Å². The molecule has 2 aromatic carbocycles. The lowest BCUT2D eigenvalue weighted by Gasteiger charge is -2.13. The summed E-state index contributed by atoms with van der Waals surface area (Å²) in [4.78, 5) is 24.4. The lowest BCUT2D eigenvalue weighted by atomic mass is 10.0. The van der Waals surface area contributed by atoms with Gasteiger partial charge in [0.05, 0.1) is 5.39 Å². The fraction of sp³-hybridized carbons (Fsp3) is 0.273. The highest BCUT2D eigenvalue weighted by molar-refractivity contribution is 6.31. The summed E-state index contributed by atoms with van der Waals surface area (Å²) in [7, 11) is 0. The summed E-state index contributed by atoms with van der Waals surface area (Å²) in [6, 6.07) is 11.1. The standard InChI is InChI=1S/C22H20ClNO4/c1-13-9-18(21-15-6-4-7-16(15)22(26)28-19(21)10-13)27-12-20(25)24-11-14-5-2-3-8-17(14)23/h2-3,5,8-10H,4,6-7,11-12H2,1H3,(H,24,25). The van der Waals surface area contributed by atoms with Crippen LogP contribution < -0.4 is 15.7 Å². The summed E-state index contributed by atoms with van der Waals surface area (Å²) in [6.45, 7) is 2.11. The van der Waals surface area contributed by atoms with Gasteiger partial charge < -0.3 is 14.5 Å². The minimum absolute atomic E-state index is 0.128. The van der Waals surface area contributed by atoms with Crippen LogP contribution in [0.4, 0.5) is 0 Å². The average molecular weight is 398 g/mol. The van der Waals surface area contributed by atoms with E-state index in [4.69, 9.17) is 20.8 Å². The first kappa shape index (κ1) is 18.6. The molecule has 0 fully saturated rings. The van der Waals surface area contributed by atoms with Crippen LogP contribution in [0.15, 0.2) is 45.6 Å². The van der Waals surface area contributed by atoms with Gasteiger partial charge in [-0.2, -0.15) is 0 Å². The molecule has 0 radical (unpaired) electrons. The monoisotopic (exact) mass is 397 g/mol. The molecular weight excluding hydrogens is 378 g/mol. The predicted molar refractivity (Wildman–Crippen MR) is 108 cm³/mol. The van der Waals surface area contributed by atoms with E-state index in [1.807, 2.05) is 37.3 Å². The molecule has 1 aliphatic rings. The van der Waals surface area contributed by atoms with Crippen molar-refractivity contribution in [2.45, 2.75) is 32.7 Å². The number of halogens is 1. The van der Waals surface area contributed by atoms with Crippen LogP contribution in [0.3, 0.4) is 0 Å². The van der Waals surface area contributed by atoms with Crippen molar-refractivity contribution in [2.75, 3.05) is 6.61 Å². The number of ether oxygens (including phenoxy) is 1. The molecule has 1 amide bonds. The molecular formula is C22H20ClNO4. The van der Waals surface area contributed by atoms with Gasteiger partial charge in [0, 0.05) is 17.1 Å². The zero-order valence-corrected chi connectivity index (χ0v) is 16.3. The van der Waals surface area contributed by atoms with E-state index in [1.54, 1.807) is 6.07 Å². The van der Waals surface area contributed by atoms with Gasteiger partial charge in [-0.25, -0.2) is 4.79 Å². The van der Waals surface area contributed by atoms with Crippen molar-refractivity contribution >= 4 is 28.5 Å². The highest BCUT2D eigenvalue weighted by Gasteiger charge is 2.22. The van der Waals surface area contributed by atoms with Crippen molar-refractivity contribution in [1.29, 1.82) is 0 Å². The predicted octanol–water partition coefficient (Wildman–Crippen LogP) is 3.94. The second kappa shape index (κ2) is 7.68. The highest BCUT2D eigenvalue weighted by atomic mass is 35.5. The number of carbonyl (C=O) groups is 1. The first-order valence-electron chi connectivity index (χ1n) is 9.25. The molecule has 5 nitrogen and oxygen atoms in total. The van der Waals surface area contributed by atoms with Gasteiger partial charge in [0.25, 0.3) is 5.91 Å². The van der Waals surface area contributed by atoms with Crippen LogP contribution in [0.5, 0.6) is 5.75 Å². The Morgan fingerprint density at radius 2 is 2.00 bits per heavy atom. The topological polar surface area (TPSA) is 68.5 Å². The Kier molecular flexibility index (Phi) is 5.09. The van der Waals surface area contributed by atoms with Crippen molar-refractivity contribution in [3.05, 3.63) is 74.1 Å². The smallest absolute Gasteiger partial charge is 0.339 e. The number of carbonyl (C=O) groups excluding carboxylic acids is 1. The number of nitrogens with one attached hydrogen (secondary N) is 1. The SMILES string of the molecule is Cc1cc(OCC(=O)NCc2ccccc2Cl)c2c3c(c(=O)oc2c1)CCC3. The third-order valence-electron chi connectivity index (χ3n) is 4.97. The molecule has 0 atom stereocenters. The Labute approximate surface area is 167 Å². The van der Waals surface area contributed by atoms with Crippen molar-refractivity contribution in [3.8, 4) is 5.75 Å². The molecule has 0 spiro atoms. The molecule has 1 N–H and O–H groups in total. The first-order chi connectivity index (χ1) is 13.5. The Morgan fingerprint density at radius 3 is 2.82 bits per heavy atom. The van der Waals surface area contributed by atoms with E-state index in [2.05, 4.69) is 5.32 Å². The molecule has 0 saturated carbocycles. The van der Waals surface area contributed by atoms with E-state index in [9.17, 15) is 9.59 Å². The highest BCUT2D eigenvalue weighted by Crippen LogP contribution is 2.35. The van der Waals surface area contributed by atoms with Crippen molar-refractivity contribution < 1.29 is 13.9 Å². The molecule has 144 valence electrons. The van der Waals surface area contributed by atoms with E-state index < -0.39 is 0 Å². The van der Waals surface area contributed by atoms with Crippen LogP contribution in [-0.4, -0.2) is 12.5 Å². The van der Waals surface area contributed by atoms with Gasteiger partial charge in [-0.15, -0.1) is 0 Å². The lowest BCUT2D eigenvalue weighted by molar-refractivity contribution is -0.123. The van der Waals surface area contributed by atoms with Gasteiger partial charge in [0.2, 0.25) is 0 Å². The van der Waals surface area contributed by atoms with Crippen LogP contribution in [0.1, 0.15) is 28.7 Å². The summed E-state index contributed by atoms with van der Waals surface area (Å²) in [5.41, 5.74) is 3.70. The zero-order chi connectivity index (χ0) is 19.7. The van der Waals surface area contributed by atoms with E-state index in [-0.39, 0.29) is 18.1 Å². The number of aryl methyl sites for hydroxylation is 2. The second-order valence-electron chi connectivity index (χ2n) is 6.99. The maximum Gasteiger partial charge on any atom is 0.339 e. The molecule has 4 rings (SSSR count). The molecule has 0 saturated heterocycles. The molecule has 0 aliphatic heterocycles. The third-order valence-corrected chi connectivity index (χ3v) is 5.34. The van der Waals surface area contributed by atoms with Crippen molar-refractivity contribution in [3.63, 3.8) is 0 Å². The van der Waals surface area contributed by atoms with Gasteiger partial charge in [-0.1, -0.05) is 29.8 Å². The van der Waals surface area contributed by atoms with Crippen molar-refractivity contribution in [1.82, 2.24) is 5.32 Å². The molecule has 1 aromatic heterocycles. The van der Waals surface area contributed by atoms with Crippen LogP contribution in [-0.2, 0) is 24.2 Å². The van der Waals surface area contributed by atoms with E-state index in [0.717, 1.165) is 46.9 Å². The minimum Gasteiger partial charge on any atom is -0.483 e. The molecule has 0 bridgehead atoms. The second-order valence-corrected chi connectivity index (χ2v) is 7.40. The van der Waals surface area contributed by atoms with Gasteiger partial charge in [-0.3, -0.25) is 4.79 Å². The van der Waals surface area contributed by atoms with E-state index in [1.165, 1.54) is 0 Å². The Hall–Kier alpha value is -2.79. The molecule has 0 unspecified atom stereocenters. The van der Waals surface area contributed by atoms with E-state index in [0.29, 0.717) is 22.9 Å². The van der Waals surface area contributed by atoms with Gasteiger partial charge in [-0.05, 0) is 61.1 Å². The average Bonchev–Trinajstić information content (AvgIpc) is 3.15. The van der Waals surface area contributed by atoms with Crippen molar-refractivity contribution in [2.24, 2.45) is 0 Å². The number of rotatable bonds is 5.